The van der Waals surface area contributed by atoms with Crippen LogP contribution in [0.15, 0.2) is 6.20 Å². The maximum absolute atomic E-state index is 12.4. The van der Waals surface area contributed by atoms with Gasteiger partial charge in [0.25, 0.3) is 0 Å². The summed E-state index contributed by atoms with van der Waals surface area (Å²) in [4.78, 5) is 14.5. The van der Waals surface area contributed by atoms with E-state index >= 15 is 0 Å². The highest BCUT2D eigenvalue weighted by Crippen LogP contribution is 2.29. The van der Waals surface area contributed by atoms with E-state index in [2.05, 4.69) is 10.00 Å². The molecule has 1 aromatic rings. The standard InChI is InChI=1S/C12H18ClN3OS/c1-15(2)4-5-16-11(10(13)7-14-16)12(17)9-3-6-18-8-9/h7,9H,3-6,8H2,1-2H3. The van der Waals surface area contributed by atoms with Gasteiger partial charge in [0.05, 0.1) is 17.8 Å². The van der Waals surface area contributed by atoms with E-state index < -0.39 is 0 Å². The van der Waals surface area contributed by atoms with Crippen molar-refractivity contribution in [3.63, 3.8) is 0 Å². The minimum absolute atomic E-state index is 0.113. The molecule has 0 saturated carbocycles. The number of carbonyl (C=O) groups is 1. The molecule has 1 atom stereocenters. The molecular weight excluding hydrogens is 270 g/mol. The van der Waals surface area contributed by atoms with Crippen molar-refractivity contribution in [1.82, 2.24) is 14.7 Å². The Morgan fingerprint density at radius 3 is 3.06 bits per heavy atom. The van der Waals surface area contributed by atoms with Crippen LogP contribution in [0.2, 0.25) is 5.02 Å². The van der Waals surface area contributed by atoms with Crippen molar-refractivity contribution in [2.24, 2.45) is 5.92 Å². The van der Waals surface area contributed by atoms with Gasteiger partial charge in [-0.05, 0) is 26.3 Å². The molecule has 100 valence electrons. The summed E-state index contributed by atoms with van der Waals surface area (Å²) in [5.74, 6) is 2.25. The van der Waals surface area contributed by atoms with E-state index in [1.165, 1.54) is 0 Å². The number of hydrogen-bond acceptors (Lipinski definition) is 4. The fraction of sp³-hybridized carbons (Fsp3) is 0.667. The molecule has 1 aromatic heterocycles. The van der Waals surface area contributed by atoms with Gasteiger partial charge in [-0.1, -0.05) is 11.6 Å². The first-order valence-electron chi connectivity index (χ1n) is 6.07. The molecule has 0 spiro atoms. The zero-order valence-electron chi connectivity index (χ0n) is 10.7. The molecule has 0 aliphatic carbocycles. The summed E-state index contributed by atoms with van der Waals surface area (Å²) < 4.78 is 1.74. The number of Topliss-reactive ketones (excluding diaryl/α,β-unsaturated/α-hetero) is 1. The van der Waals surface area contributed by atoms with Gasteiger partial charge in [0.15, 0.2) is 5.78 Å². The van der Waals surface area contributed by atoms with Crippen molar-refractivity contribution in [3.05, 3.63) is 16.9 Å². The van der Waals surface area contributed by atoms with E-state index in [1.54, 1.807) is 10.9 Å². The Morgan fingerprint density at radius 2 is 2.44 bits per heavy atom. The van der Waals surface area contributed by atoms with Crippen LogP contribution in [0.4, 0.5) is 0 Å². The zero-order chi connectivity index (χ0) is 13.1. The van der Waals surface area contributed by atoms with Crippen LogP contribution in [0, 0.1) is 5.92 Å². The summed E-state index contributed by atoms with van der Waals surface area (Å²) in [6, 6.07) is 0. The lowest BCUT2D eigenvalue weighted by molar-refractivity contribution is 0.0922. The van der Waals surface area contributed by atoms with Crippen LogP contribution in [0.3, 0.4) is 0 Å². The maximum Gasteiger partial charge on any atom is 0.186 e. The molecule has 4 nitrogen and oxygen atoms in total. The van der Waals surface area contributed by atoms with Gasteiger partial charge < -0.3 is 4.90 Å². The largest absolute Gasteiger partial charge is 0.308 e. The normalized spacial score (nSPS) is 19.7. The Kier molecular flexibility index (Phi) is 4.70. The maximum atomic E-state index is 12.4. The molecule has 0 radical (unpaired) electrons. The first-order chi connectivity index (χ1) is 8.59. The van der Waals surface area contributed by atoms with Crippen LogP contribution in [-0.4, -0.2) is 52.6 Å². The van der Waals surface area contributed by atoms with Gasteiger partial charge in [0, 0.05) is 18.2 Å². The van der Waals surface area contributed by atoms with Crippen molar-refractivity contribution < 1.29 is 4.79 Å². The molecule has 2 rings (SSSR count). The molecule has 0 amide bonds. The number of thioether (sulfide) groups is 1. The third-order valence-corrected chi connectivity index (χ3v) is 4.53. The molecule has 6 heteroatoms. The number of nitrogens with zero attached hydrogens (tertiary/aromatic N) is 3. The average molecular weight is 288 g/mol. The van der Waals surface area contributed by atoms with Gasteiger partial charge in [-0.3, -0.25) is 9.48 Å². The molecule has 0 aromatic carbocycles. The van der Waals surface area contributed by atoms with Crippen molar-refractivity contribution in [3.8, 4) is 0 Å². The fourth-order valence-corrected chi connectivity index (χ4v) is 3.46. The van der Waals surface area contributed by atoms with Crippen LogP contribution in [0.1, 0.15) is 16.9 Å². The second-order valence-electron chi connectivity index (χ2n) is 4.79. The zero-order valence-corrected chi connectivity index (χ0v) is 12.3. The first kappa shape index (κ1) is 13.9. The van der Waals surface area contributed by atoms with E-state index in [-0.39, 0.29) is 11.7 Å². The smallest absolute Gasteiger partial charge is 0.186 e. The van der Waals surface area contributed by atoms with Gasteiger partial charge in [-0.2, -0.15) is 16.9 Å². The highest BCUT2D eigenvalue weighted by atomic mass is 35.5. The fourth-order valence-electron chi connectivity index (χ4n) is 2.01. The molecule has 1 aliphatic heterocycles. The number of carbonyl (C=O) groups excluding carboxylic acids is 1. The number of likely N-dealkylation sites (N-methyl/N-ethyl adjacent to an activating group) is 1. The summed E-state index contributed by atoms with van der Waals surface area (Å²) in [6.45, 7) is 1.54. The first-order valence-corrected chi connectivity index (χ1v) is 7.61. The van der Waals surface area contributed by atoms with E-state index in [4.69, 9.17) is 11.6 Å². The summed E-state index contributed by atoms with van der Waals surface area (Å²) in [7, 11) is 4.00. The number of aromatic nitrogens is 2. The van der Waals surface area contributed by atoms with Crippen LogP contribution < -0.4 is 0 Å². The van der Waals surface area contributed by atoms with E-state index in [0.29, 0.717) is 17.3 Å². The second kappa shape index (κ2) is 6.08. The molecule has 1 unspecified atom stereocenters. The molecule has 0 bridgehead atoms. The van der Waals surface area contributed by atoms with Gasteiger partial charge in [-0.25, -0.2) is 0 Å². The number of hydrogen-bond donors (Lipinski definition) is 0. The van der Waals surface area contributed by atoms with Crippen molar-refractivity contribution >= 4 is 29.1 Å². The van der Waals surface area contributed by atoms with Crippen molar-refractivity contribution in [2.45, 2.75) is 13.0 Å². The Morgan fingerprint density at radius 1 is 1.67 bits per heavy atom. The Hall–Kier alpha value is -0.520. The average Bonchev–Trinajstić information content (AvgIpc) is 2.94. The van der Waals surface area contributed by atoms with E-state index in [0.717, 1.165) is 24.5 Å². The Labute approximate surface area is 117 Å². The number of halogens is 1. The Bertz CT molecular complexity index is 427. The molecule has 1 aliphatic rings. The topological polar surface area (TPSA) is 38.1 Å². The van der Waals surface area contributed by atoms with Crippen molar-refractivity contribution in [2.75, 3.05) is 32.1 Å². The van der Waals surface area contributed by atoms with Gasteiger partial charge in [0.2, 0.25) is 0 Å². The van der Waals surface area contributed by atoms with Gasteiger partial charge in [-0.15, -0.1) is 0 Å². The third kappa shape index (κ3) is 3.08. The van der Waals surface area contributed by atoms with Crippen molar-refractivity contribution in [1.29, 1.82) is 0 Å². The lowest BCUT2D eigenvalue weighted by Crippen LogP contribution is -2.24. The SMILES string of the molecule is CN(C)CCn1ncc(Cl)c1C(=O)C1CCSC1. The molecule has 0 N–H and O–H groups in total. The minimum Gasteiger partial charge on any atom is -0.308 e. The second-order valence-corrected chi connectivity index (χ2v) is 6.35. The Balaban J connectivity index is 2.14. The van der Waals surface area contributed by atoms with Crippen LogP contribution in [0.5, 0.6) is 0 Å². The van der Waals surface area contributed by atoms with Gasteiger partial charge in [0.1, 0.15) is 5.69 Å². The summed E-state index contributed by atoms with van der Waals surface area (Å²) in [6.07, 6.45) is 2.53. The lowest BCUT2D eigenvalue weighted by Gasteiger charge is -2.13. The van der Waals surface area contributed by atoms with Gasteiger partial charge >= 0.3 is 0 Å². The molecular formula is C12H18ClN3OS. The number of ketones is 1. The summed E-state index contributed by atoms with van der Waals surface area (Å²) in [5, 5.41) is 4.69. The summed E-state index contributed by atoms with van der Waals surface area (Å²) in [5.41, 5.74) is 0.589. The highest BCUT2D eigenvalue weighted by molar-refractivity contribution is 7.99. The highest BCUT2D eigenvalue weighted by Gasteiger charge is 2.28. The minimum atomic E-state index is 0.113. The molecule has 18 heavy (non-hydrogen) atoms. The van der Waals surface area contributed by atoms with Crippen LogP contribution in [0.25, 0.3) is 0 Å². The predicted octanol–water partition coefficient (Wildman–Crippen LogP) is 2.03. The molecule has 1 saturated heterocycles. The number of rotatable bonds is 5. The van der Waals surface area contributed by atoms with Crippen LogP contribution in [-0.2, 0) is 6.54 Å². The predicted molar refractivity (Wildman–Crippen MR) is 75.6 cm³/mol. The molecule has 2 heterocycles. The van der Waals surface area contributed by atoms with Crippen LogP contribution >= 0.6 is 23.4 Å². The lowest BCUT2D eigenvalue weighted by atomic mass is 10.0. The summed E-state index contributed by atoms with van der Waals surface area (Å²) >= 11 is 7.94. The monoisotopic (exact) mass is 287 g/mol. The molecule has 1 fully saturated rings. The van der Waals surface area contributed by atoms with E-state index in [9.17, 15) is 4.79 Å². The van der Waals surface area contributed by atoms with E-state index in [1.807, 2.05) is 25.9 Å². The quantitative estimate of drug-likeness (QED) is 0.777. The third-order valence-electron chi connectivity index (χ3n) is 3.09.